The summed E-state index contributed by atoms with van der Waals surface area (Å²) in [6.45, 7) is 2.76. The van der Waals surface area contributed by atoms with Crippen LogP contribution in [-0.2, 0) is 17.9 Å². The molecule has 0 atom stereocenters. The molecule has 0 spiro atoms. The van der Waals surface area contributed by atoms with E-state index < -0.39 is 0 Å². The van der Waals surface area contributed by atoms with Crippen LogP contribution in [0.5, 0.6) is 5.75 Å². The average Bonchev–Trinajstić information content (AvgIpc) is 3.10. The molecule has 158 valence electrons. The van der Waals surface area contributed by atoms with Crippen LogP contribution < -0.4 is 10.1 Å². The first-order valence-electron chi connectivity index (χ1n) is 8.75. The summed E-state index contributed by atoms with van der Waals surface area (Å²) >= 11 is 25.1. The SMILES string of the molecule is CCn1c(COc2ccc(Cl)cc2Cl)nnc1SCC(=O)Nc1ccc(Cl)c(Cl)c1. The predicted molar refractivity (Wildman–Crippen MR) is 122 cm³/mol. The summed E-state index contributed by atoms with van der Waals surface area (Å²) < 4.78 is 7.61. The lowest BCUT2D eigenvalue weighted by atomic mass is 10.3. The van der Waals surface area contributed by atoms with Gasteiger partial charge in [0.15, 0.2) is 11.0 Å². The van der Waals surface area contributed by atoms with Crippen molar-refractivity contribution < 1.29 is 9.53 Å². The number of benzene rings is 2. The maximum atomic E-state index is 12.2. The molecule has 3 aromatic rings. The van der Waals surface area contributed by atoms with Crippen LogP contribution in [0.2, 0.25) is 20.1 Å². The summed E-state index contributed by atoms with van der Waals surface area (Å²) in [5.74, 6) is 1.08. The lowest BCUT2D eigenvalue weighted by molar-refractivity contribution is -0.113. The van der Waals surface area contributed by atoms with Gasteiger partial charge >= 0.3 is 0 Å². The molecule has 0 fully saturated rings. The molecule has 0 saturated heterocycles. The third-order valence-electron chi connectivity index (χ3n) is 3.90. The average molecular weight is 506 g/mol. The second-order valence-corrected chi connectivity index (χ2v) is 8.57. The Labute approximate surface area is 197 Å². The zero-order valence-corrected chi connectivity index (χ0v) is 19.5. The van der Waals surface area contributed by atoms with Crippen LogP contribution in [0.1, 0.15) is 12.7 Å². The molecule has 1 heterocycles. The van der Waals surface area contributed by atoms with E-state index in [-0.39, 0.29) is 18.3 Å². The minimum absolute atomic E-state index is 0.155. The number of amides is 1. The molecule has 30 heavy (non-hydrogen) atoms. The lowest BCUT2D eigenvalue weighted by Gasteiger charge is -2.10. The highest BCUT2D eigenvalue weighted by molar-refractivity contribution is 7.99. The number of anilines is 1. The molecule has 1 aromatic heterocycles. The number of carbonyl (C=O) groups is 1. The number of hydrogen-bond acceptors (Lipinski definition) is 5. The van der Waals surface area contributed by atoms with Crippen molar-refractivity contribution >= 4 is 69.8 Å². The largest absolute Gasteiger partial charge is 0.484 e. The third kappa shape index (κ3) is 5.95. The van der Waals surface area contributed by atoms with Gasteiger partial charge in [-0.3, -0.25) is 4.79 Å². The van der Waals surface area contributed by atoms with E-state index in [1.54, 1.807) is 36.4 Å². The zero-order valence-electron chi connectivity index (χ0n) is 15.7. The molecular weight excluding hydrogens is 490 g/mol. The Kier molecular flexibility index (Phi) is 8.13. The minimum Gasteiger partial charge on any atom is -0.484 e. The maximum absolute atomic E-state index is 12.2. The van der Waals surface area contributed by atoms with Crippen LogP contribution >= 0.6 is 58.2 Å². The van der Waals surface area contributed by atoms with Crippen molar-refractivity contribution in [3.05, 3.63) is 62.3 Å². The zero-order chi connectivity index (χ0) is 21.7. The van der Waals surface area contributed by atoms with E-state index >= 15 is 0 Å². The fraction of sp³-hybridized carbons (Fsp3) is 0.211. The molecule has 0 radical (unpaired) electrons. The van der Waals surface area contributed by atoms with Crippen molar-refractivity contribution in [2.75, 3.05) is 11.1 Å². The summed E-state index contributed by atoms with van der Waals surface area (Å²) in [5, 5.41) is 13.5. The molecule has 1 N–H and O–H groups in total. The van der Waals surface area contributed by atoms with E-state index in [9.17, 15) is 4.79 Å². The van der Waals surface area contributed by atoms with Crippen molar-refractivity contribution in [3.8, 4) is 5.75 Å². The van der Waals surface area contributed by atoms with E-state index in [0.717, 1.165) is 0 Å². The minimum atomic E-state index is -0.199. The fourth-order valence-electron chi connectivity index (χ4n) is 2.49. The molecular formula is C19H16Cl4N4O2S. The van der Waals surface area contributed by atoms with Gasteiger partial charge in [-0.15, -0.1) is 10.2 Å². The highest BCUT2D eigenvalue weighted by Crippen LogP contribution is 2.29. The van der Waals surface area contributed by atoms with E-state index in [1.807, 2.05) is 11.5 Å². The molecule has 6 nitrogen and oxygen atoms in total. The van der Waals surface area contributed by atoms with E-state index in [2.05, 4.69) is 15.5 Å². The van der Waals surface area contributed by atoms with Gasteiger partial charge in [0.2, 0.25) is 5.91 Å². The quantitative estimate of drug-likeness (QED) is 0.368. The summed E-state index contributed by atoms with van der Waals surface area (Å²) in [4.78, 5) is 12.2. The van der Waals surface area contributed by atoms with Crippen LogP contribution in [0.15, 0.2) is 41.6 Å². The number of halogens is 4. The van der Waals surface area contributed by atoms with Gasteiger partial charge in [-0.2, -0.15) is 0 Å². The number of thioether (sulfide) groups is 1. The highest BCUT2D eigenvalue weighted by atomic mass is 35.5. The molecule has 11 heteroatoms. The summed E-state index contributed by atoms with van der Waals surface area (Å²) in [6.07, 6.45) is 0. The summed E-state index contributed by atoms with van der Waals surface area (Å²) in [7, 11) is 0. The predicted octanol–water partition coefficient (Wildman–Crippen LogP) is 6.22. The van der Waals surface area contributed by atoms with Crippen molar-refractivity contribution in [2.45, 2.75) is 25.2 Å². The monoisotopic (exact) mass is 504 g/mol. The van der Waals surface area contributed by atoms with Gasteiger partial charge in [-0.1, -0.05) is 58.2 Å². The Morgan fingerprint density at radius 3 is 2.57 bits per heavy atom. The third-order valence-corrected chi connectivity index (χ3v) is 6.13. The second-order valence-electron chi connectivity index (χ2n) is 5.97. The number of aromatic nitrogens is 3. The first kappa shape index (κ1) is 23.0. The fourth-order valence-corrected chi connectivity index (χ4v) is 4.07. The second kappa shape index (κ2) is 10.6. The van der Waals surface area contributed by atoms with Crippen LogP contribution in [0.4, 0.5) is 5.69 Å². The molecule has 0 aliphatic carbocycles. The molecule has 0 aliphatic rings. The smallest absolute Gasteiger partial charge is 0.234 e. The summed E-state index contributed by atoms with van der Waals surface area (Å²) in [5.41, 5.74) is 0.570. The van der Waals surface area contributed by atoms with Crippen LogP contribution in [0.3, 0.4) is 0 Å². The number of nitrogens with one attached hydrogen (secondary N) is 1. The van der Waals surface area contributed by atoms with Gasteiger partial charge in [0.05, 0.1) is 20.8 Å². The normalized spacial score (nSPS) is 10.8. The number of rotatable bonds is 8. The maximum Gasteiger partial charge on any atom is 0.234 e. The van der Waals surface area contributed by atoms with Crippen LogP contribution in [-0.4, -0.2) is 26.4 Å². The Balaban J connectivity index is 1.59. The Bertz CT molecular complexity index is 1060. The van der Waals surface area contributed by atoms with E-state index in [4.69, 9.17) is 51.1 Å². The van der Waals surface area contributed by atoms with Gasteiger partial charge < -0.3 is 14.6 Å². The first-order valence-corrected chi connectivity index (χ1v) is 11.2. The molecule has 0 unspecified atom stereocenters. The van der Waals surface area contributed by atoms with Gasteiger partial charge in [0.25, 0.3) is 0 Å². The Hall–Kier alpha value is -1.64. The molecule has 0 bridgehead atoms. The van der Waals surface area contributed by atoms with E-state index in [1.165, 1.54) is 11.8 Å². The Morgan fingerprint density at radius 2 is 1.87 bits per heavy atom. The van der Waals surface area contributed by atoms with Crippen molar-refractivity contribution in [2.24, 2.45) is 0 Å². The van der Waals surface area contributed by atoms with Crippen LogP contribution in [0.25, 0.3) is 0 Å². The van der Waals surface area contributed by atoms with Crippen molar-refractivity contribution in [1.29, 1.82) is 0 Å². The first-order chi connectivity index (χ1) is 14.4. The van der Waals surface area contributed by atoms with Gasteiger partial charge in [0.1, 0.15) is 12.4 Å². The number of carbonyl (C=O) groups excluding carboxylic acids is 1. The molecule has 0 aliphatic heterocycles. The molecule has 1 amide bonds. The molecule has 0 saturated carbocycles. The number of nitrogens with zero attached hydrogens (tertiary/aromatic N) is 3. The standard InChI is InChI=1S/C19H16Cl4N4O2S/c1-2-27-17(9-29-16-6-3-11(20)7-15(16)23)25-26-19(27)30-10-18(28)24-12-4-5-13(21)14(22)8-12/h3-8H,2,9-10H2,1H3,(H,24,28). The van der Waals surface area contributed by atoms with Crippen LogP contribution in [0, 0.1) is 0 Å². The van der Waals surface area contributed by atoms with Crippen molar-refractivity contribution in [1.82, 2.24) is 14.8 Å². The Morgan fingerprint density at radius 1 is 1.07 bits per heavy atom. The van der Waals surface area contributed by atoms with E-state index in [0.29, 0.717) is 49.1 Å². The van der Waals surface area contributed by atoms with Crippen molar-refractivity contribution in [3.63, 3.8) is 0 Å². The topological polar surface area (TPSA) is 69.0 Å². The number of hydrogen-bond donors (Lipinski definition) is 1. The number of ether oxygens (including phenoxy) is 1. The molecule has 2 aromatic carbocycles. The van der Waals surface area contributed by atoms with Gasteiger partial charge in [-0.25, -0.2) is 0 Å². The van der Waals surface area contributed by atoms with Gasteiger partial charge in [0, 0.05) is 17.3 Å². The molecule has 3 rings (SSSR count). The van der Waals surface area contributed by atoms with Gasteiger partial charge in [-0.05, 0) is 43.3 Å². The summed E-state index contributed by atoms with van der Waals surface area (Å²) in [6, 6.07) is 9.90. The highest BCUT2D eigenvalue weighted by Gasteiger charge is 2.15. The lowest BCUT2D eigenvalue weighted by Crippen LogP contribution is -2.15.